The molecule has 33 heavy (non-hydrogen) atoms. The second-order valence-corrected chi connectivity index (χ2v) is 9.28. The van der Waals surface area contributed by atoms with Crippen molar-refractivity contribution in [3.8, 4) is 11.3 Å². The Kier molecular flexibility index (Phi) is 6.03. The Bertz CT molecular complexity index is 1180. The average molecular weight is 449 g/mol. The van der Waals surface area contributed by atoms with Crippen LogP contribution in [0.4, 0.5) is 11.5 Å². The van der Waals surface area contributed by atoms with Crippen LogP contribution in [0.1, 0.15) is 20.3 Å². The van der Waals surface area contributed by atoms with Crippen LogP contribution in [0, 0.1) is 0 Å². The van der Waals surface area contributed by atoms with E-state index < -0.39 is 0 Å². The number of benzene rings is 1. The zero-order valence-electron chi connectivity index (χ0n) is 19.6. The molecule has 0 amide bonds. The standard InChI is InChI=1S/C25H32N6O2/c1-17(2)30-9-11-31(12-10-30)20-6-4-18(5-7-20)21-14-22-23(25(32)29(3)16-26-22)24(28-21)27-19-8-13-33-15-19/h4-7,14,16-17,19H,8-13,15H2,1-3H3,(H,27,28). The molecule has 8 heteroatoms. The van der Waals surface area contributed by atoms with E-state index in [2.05, 4.69) is 58.2 Å². The molecule has 4 heterocycles. The smallest absolute Gasteiger partial charge is 0.264 e. The number of ether oxygens (including phenoxy) is 1. The summed E-state index contributed by atoms with van der Waals surface area (Å²) in [5, 5.41) is 3.96. The van der Waals surface area contributed by atoms with Crippen LogP contribution < -0.4 is 15.8 Å². The third kappa shape index (κ3) is 4.45. The van der Waals surface area contributed by atoms with Crippen molar-refractivity contribution >= 4 is 22.4 Å². The van der Waals surface area contributed by atoms with Gasteiger partial charge in [0.2, 0.25) is 0 Å². The van der Waals surface area contributed by atoms with Crippen LogP contribution in [-0.4, -0.2) is 70.9 Å². The van der Waals surface area contributed by atoms with Crippen molar-refractivity contribution in [3.63, 3.8) is 0 Å². The Balaban J connectivity index is 1.44. The summed E-state index contributed by atoms with van der Waals surface area (Å²) in [5.74, 6) is 0.584. The van der Waals surface area contributed by atoms with Gasteiger partial charge in [-0.3, -0.25) is 9.69 Å². The van der Waals surface area contributed by atoms with Crippen LogP contribution in [0.5, 0.6) is 0 Å². The summed E-state index contributed by atoms with van der Waals surface area (Å²) >= 11 is 0. The molecule has 1 N–H and O–H groups in total. The van der Waals surface area contributed by atoms with E-state index in [1.165, 1.54) is 10.3 Å². The Hall–Kier alpha value is -2.97. The molecule has 0 aliphatic carbocycles. The first-order chi connectivity index (χ1) is 16.0. The van der Waals surface area contributed by atoms with Crippen molar-refractivity contribution in [3.05, 3.63) is 47.0 Å². The zero-order valence-corrected chi connectivity index (χ0v) is 19.6. The summed E-state index contributed by atoms with van der Waals surface area (Å²) < 4.78 is 7.00. The van der Waals surface area contributed by atoms with Crippen LogP contribution in [0.25, 0.3) is 22.2 Å². The van der Waals surface area contributed by atoms with Crippen molar-refractivity contribution in [2.45, 2.75) is 32.4 Å². The number of pyridine rings is 1. The molecule has 5 rings (SSSR count). The number of piperazine rings is 1. The van der Waals surface area contributed by atoms with E-state index in [1.807, 2.05) is 6.07 Å². The minimum atomic E-state index is -0.101. The number of aromatic nitrogens is 3. The van der Waals surface area contributed by atoms with Gasteiger partial charge in [0.25, 0.3) is 5.56 Å². The van der Waals surface area contributed by atoms with Crippen molar-refractivity contribution in [2.75, 3.05) is 49.6 Å². The van der Waals surface area contributed by atoms with Crippen LogP contribution in [0.2, 0.25) is 0 Å². The lowest BCUT2D eigenvalue weighted by molar-refractivity contribution is 0.195. The Morgan fingerprint density at radius 1 is 1.12 bits per heavy atom. The molecule has 2 aliphatic rings. The van der Waals surface area contributed by atoms with Crippen molar-refractivity contribution in [2.24, 2.45) is 7.05 Å². The molecule has 1 aromatic carbocycles. The molecular weight excluding hydrogens is 416 g/mol. The summed E-state index contributed by atoms with van der Waals surface area (Å²) in [5.41, 5.74) is 3.60. The van der Waals surface area contributed by atoms with Gasteiger partial charge in [0.15, 0.2) is 0 Å². The monoisotopic (exact) mass is 448 g/mol. The number of nitrogens with zero attached hydrogens (tertiary/aromatic N) is 5. The van der Waals surface area contributed by atoms with Gasteiger partial charge in [-0.25, -0.2) is 9.97 Å². The molecule has 2 fully saturated rings. The van der Waals surface area contributed by atoms with E-state index >= 15 is 0 Å². The predicted molar refractivity (Wildman–Crippen MR) is 132 cm³/mol. The third-order valence-corrected chi connectivity index (χ3v) is 6.75. The summed E-state index contributed by atoms with van der Waals surface area (Å²) in [6.45, 7) is 10.1. The lowest BCUT2D eigenvalue weighted by atomic mass is 10.1. The Morgan fingerprint density at radius 2 is 1.88 bits per heavy atom. The lowest BCUT2D eigenvalue weighted by Crippen LogP contribution is -2.48. The number of hydrogen-bond donors (Lipinski definition) is 1. The molecule has 3 aromatic rings. The first-order valence-electron chi connectivity index (χ1n) is 11.8. The Morgan fingerprint density at radius 3 is 2.55 bits per heavy atom. The largest absolute Gasteiger partial charge is 0.379 e. The van der Waals surface area contributed by atoms with Gasteiger partial charge in [-0.05, 0) is 38.5 Å². The van der Waals surface area contributed by atoms with Gasteiger partial charge in [-0.1, -0.05) is 12.1 Å². The van der Waals surface area contributed by atoms with Crippen LogP contribution in [0.15, 0.2) is 41.5 Å². The fourth-order valence-electron chi connectivity index (χ4n) is 4.66. The number of rotatable bonds is 5. The highest BCUT2D eigenvalue weighted by Gasteiger charge is 2.21. The van der Waals surface area contributed by atoms with Gasteiger partial charge in [0.1, 0.15) is 11.2 Å². The van der Waals surface area contributed by atoms with E-state index in [0.29, 0.717) is 29.4 Å². The Labute approximate surface area is 194 Å². The normalized spacial score (nSPS) is 19.5. The molecule has 1 atom stereocenters. The van der Waals surface area contributed by atoms with Crippen molar-refractivity contribution in [1.82, 2.24) is 19.4 Å². The molecular formula is C25H32N6O2. The van der Waals surface area contributed by atoms with E-state index in [0.717, 1.165) is 50.5 Å². The second kappa shape index (κ2) is 9.11. The van der Waals surface area contributed by atoms with Gasteiger partial charge >= 0.3 is 0 Å². The minimum Gasteiger partial charge on any atom is -0.379 e. The maximum atomic E-state index is 12.9. The van der Waals surface area contributed by atoms with Crippen LogP contribution >= 0.6 is 0 Å². The number of aryl methyl sites for hydroxylation is 1. The maximum Gasteiger partial charge on any atom is 0.264 e. The summed E-state index contributed by atoms with van der Waals surface area (Å²) in [4.78, 5) is 27.2. The van der Waals surface area contributed by atoms with E-state index in [-0.39, 0.29) is 11.6 Å². The summed E-state index contributed by atoms with van der Waals surface area (Å²) in [6.07, 6.45) is 2.46. The van der Waals surface area contributed by atoms with Gasteiger partial charge in [0, 0.05) is 57.1 Å². The van der Waals surface area contributed by atoms with Crippen molar-refractivity contribution < 1.29 is 4.74 Å². The SMILES string of the molecule is CC(C)N1CCN(c2ccc(-c3cc4ncn(C)c(=O)c4c(NC4CCOC4)n3)cc2)CC1. The average Bonchev–Trinajstić information content (AvgIpc) is 3.34. The highest BCUT2D eigenvalue weighted by Crippen LogP contribution is 2.28. The number of fused-ring (bicyclic) bond motifs is 1. The van der Waals surface area contributed by atoms with Gasteiger partial charge in [-0.2, -0.15) is 0 Å². The van der Waals surface area contributed by atoms with E-state index in [9.17, 15) is 4.79 Å². The molecule has 2 saturated heterocycles. The minimum absolute atomic E-state index is 0.101. The first kappa shape index (κ1) is 21.9. The summed E-state index contributed by atoms with van der Waals surface area (Å²) in [6, 6.07) is 11.2. The maximum absolute atomic E-state index is 12.9. The highest BCUT2D eigenvalue weighted by molar-refractivity contribution is 5.91. The molecule has 2 aliphatic heterocycles. The molecule has 0 radical (unpaired) electrons. The first-order valence-corrected chi connectivity index (χ1v) is 11.8. The molecule has 1 unspecified atom stereocenters. The zero-order chi connectivity index (χ0) is 22.9. The molecule has 8 nitrogen and oxygen atoms in total. The number of nitrogens with one attached hydrogen (secondary N) is 1. The fraction of sp³-hybridized carbons (Fsp3) is 0.480. The fourth-order valence-corrected chi connectivity index (χ4v) is 4.66. The van der Waals surface area contributed by atoms with Gasteiger partial charge in [0.05, 0.1) is 30.2 Å². The van der Waals surface area contributed by atoms with E-state index in [4.69, 9.17) is 9.72 Å². The molecule has 2 aromatic heterocycles. The second-order valence-electron chi connectivity index (χ2n) is 9.28. The molecule has 174 valence electrons. The quantitative estimate of drug-likeness (QED) is 0.643. The van der Waals surface area contributed by atoms with E-state index in [1.54, 1.807) is 13.4 Å². The van der Waals surface area contributed by atoms with Gasteiger partial charge < -0.3 is 19.5 Å². The topological polar surface area (TPSA) is 75.5 Å². The summed E-state index contributed by atoms with van der Waals surface area (Å²) in [7, 11) is 1.71. The van der Waals surface area contributed by atoms with Gasteiger partial charge in [-0.15, -0.1) is 0 Å². The third-order valence-electron chi connectivity index (χ3n) is 6.75. The van der Waals surface area contributed by atoms with Crippen molar-refractivity contribution in [1.29, 1.82) is 0 Å². The van der Waals surface area contributed by atoms with Crippen LogP contribution in [0.3, 0.4) is 0 Å². The molecule has 0 saturated carbocycles. The molecule has 0 bridgehead atoms. The molecule has 0 spiro atoms. The number of anilines is 2. The number of hydrogen-bond acceptors (Lipinski definition) is 7. The predicted octanol–water partition coefficient (Wildman–Crippen LogP) is 2.73. The highest BCUT2D eigenvalue weighted by atomic mass is 16.5. The van der Waals surface area contributed by atoms with Crippen LogP contribution in [-0.2, 0) is 11.8 Å². The lowest BCUT2D eigenvalue weighted by Gasteiger charge is -2.38.